The Morgan fingerprint density at radius 2 is 1.83 bits per heavy atom. The van der Waals surface area contributed by atoms with Gasteiger partial charge in [0.15, 0.2) is 5.82 Å². The molecule has 0 aliphatic carbocycles. The minimum atomic E-state index is 0.304. The van der Waals surface area contributed by atoms with E-state index in [4.69, 9.17) is 0 Å². The van der Waals surface area contributed by atoms with E-state index in [1.54, 1.807) is 37.3 Å². The molecular weight excluding hydrogens is 290 g/mol. The van der Waals surface area contributed by atoms with Crippen LogP contribution in [0.4, 0.5) is 5.95 Å². The molecule has 0 bridgehead atoms. The maximum Gasteiger partial charge on any atom is 0.225 e. The molecular formula is C16H17N7. The van der Waals surface area contributed by atoms with Crippen molar-refractivity contribution in [2.24, 2.45) is 0 Å². The molecule has 1 saturated heterocycles. The number of hydrogen-bond donors (Lipinski definition) is 0. The van der Waals surface area contributed by atoms with Gasteiger partial charge in [-0.05, 0) is 18.9 Å². The van der Waals surface area contributed by atoms with Gasteiger partial charge in [-0.15, -0.1) is 0 Å². The van der Waals surface area contributed by atoms with Gasteiger partial charge < -0.3 is 4.90 Å². The maximum atomic E-state index is 4.61. The summed E-state index contributed by atoms with van der Waals surface area (Å²) in [6, 6.07) is 1.84. The molecule has 7 heteroatoms. The fraction of sp³-hybridized carbons (Fsp3) is 0.312. The lowest BCUT2D eigenvalue weighted by Gasteiger charge is -2.32. The van der Waals surface area contributed by atoms with E-state index in [0.29, 0.717) is 5.92 Å². The Kier molecular flexibility index (Phi) is 3.67. The molecule has 0 N–H and O–H groups in total. The summed E-state index contributed by atoms with van der Waals surface area (Å²) in [5, 5.41) is 0. The number of hydrogen-bond acceptors (Lipinski definition) is 6. The van der Waals surface area contributed by atoms with Gasteiger partial charge in [0.2, 0.25) is 5.95 Å². The molecule has 4 heterocycles. The minimum absolute atomic E-state index is 0.304. The third-order valence-electron chi connectivity index (χ3n) is 4.10. The Balaban J connectivity index is 1.64. The zero-order valence-electron chi connectivity index (χ0n) is 12.7. The summed E-state index contributed by atoms with van der Waals surface area (Å²) in [6.45, 7) is 1.82. The number of imidazole rings is 1. The number of aromatic nitrogens is 6. The third-order valence-corrected chi connectivity index (χ3v) is 4.10. The predicted molar refractivity (Wildman–Crippen MR) is 85.4 cm³/mol. The Morgan fingerprint density at radius 1 is 0.957 bits per heavy atom. The first-order chi connectivity index (χ1) is 11.4. The normalized spacial score (nSPS) is 18.1. The van der Waals surface area contributed by atoms with Crippen LogP contribution in [0.15, 0.2) is 49.6 Å². The Morgan fingerprint density at radius 3 is 2.65 bits per heavy atom. The second-order valence-corrected chi connectivity index (χ2v) is 5.57. The van der Waals surface area contributed by atoms with E-state index in [1.165, 1.54) is 0 Å². The molecule has 23 heavy (non-hydrogen) atoms. The lowest BCUT2D eigenvalue weighted by molar-refractivity contribution is 0.492. The van der Waals surface area contributed by atoms with Gasteiger partial charge >= 0.3 is 0 Å². The van der Waals surface area contributed by atoms with Gasteiger partial charge in [0.05, 0.1) is 5.69 Å². The van der Waals surface area contributed by atoms with Crippen molar-refractivity contribution < 1.29 is 0 Å². The van der Waals surface area contributed by atoms with Crippen molar-refractivity contribution in [2.45, 2.75) is 18.8 Å². The molecule has 116 valence electrons. The van der Waals surface area contributed by atoms with Crippen LogP contribution < -0.4 is 4.90 Å². The second-order valence-electron chi connectivity index (χ2n) is 5.57. The van der Waals surface area contributed by atoms with Crippen molar-refractivity contribution in [3.05, 3.63) is 55.3 Å². The zero-order valence-corrected chi connectivity index (χ0v) is 12.7. The van der Waals surface area contributed by atoms with Crippen LogP contribution in [-0.2, 0) is 0 Å². The van der Waals surface area contributed by atoms with E-state index in [-0.39, 0.29) is 0 Å². The van der Waals surface area contributed by atoms with Crippen LogP contribution in [0.2, 0.25) is 0 Å². The van der Waals surface area contributed by atoms with Gasteiger partial charge in [-0.3, -0.25) is 9.55 Å². The summed E-state index contributed by atoms with van der Waals surface area (Å²) in [7, 11) is 0. The molecule has 0 aromatic carbocycles. The van der Waals surface area contributed by atoms with E-state index in [1.807, 2.05) is 16.8 Å². The van der Waals surface area contributed by atoms with Gasteiger partial charge in [-0.25, -0.2) is 19.9 Å². The molecule has 7 nitrogen and oxygen atoms in total. The highest BCUT2D eigenvalue weighted by atomic mass is 15.3. The first kappa shape index (κ1) is 13.8. The fourth-order valence-corrected chi connectivity index (χ4v) is 3.05. The molecule has 0 amide bonds. The molecule has 1 fully saturated rings. The first-order valence-electron chi connectivity index (χ1n) is 7.73. The molecule has 0 saturated carbocycles. The van der Waals surface area contributed by atoms with Crippen molar-refractivity contribution in [1.82, 2.24) is 29.5 Å². The van der Waals surface area contributed by atoms with Crippen LogP contribution in [0.1, 0.15) is 24.5 Å². The minimum Gasteiger partial charge on any atom is -0.340 e. The van der Waals surface area contributed by atoms with E-state index in [0.717, 1.165) is 43.4 Å². The van der Waals surface area contributed by atoms with E-state index in [9.17, 15) is 0 Å². The van der Waals surface area contributed by atoms with Gasteiger partial charge in [-0.2, -0.15) is 0 Å². The van der Waals surface area contributed by atoms with Crippen LogP contribution in [0.5, 0.6) is 0 Å². The van der Waals surface area contributed by atoms with Gasteiger partial charge in [-0.1, -0.05) is 0 Å². The molecule has 4 rings (SSSR count). The molecule has 1 aliphatic heterocycles. The summed E-state index contributed by atoms with van der Waals surface area (Å²) in [5.74, 6) is 1.94. The Hall–Kier alpha value is -2.83. The third kappa shape index (κ3) is 2.77. The highest BCUT2D eigenvalue weighted by Gasteiger charge is 2.26. The second kappa shape index (κ2) is 6.12. The van der Waals surface area contributed by atoms with Crippen LogP contribution in [0, 0.1) is 0 Å². The quantitative estimate of drug-likeness (QED) is 0.735. The van der Waals surface area contributed by atoms with Crippen molar-refractivity contribution >= 4 is 5.95 Å². The van der Waals surface area contributed by atoms with Crippen LogP contribution >= 0.6 is 0 Å². The molecule has 3 aromatic rings. The topological polar surface area (TPSA) is 72.6 Å². The van der Waals surface area contributed by atoms with Crippen molar-refractivity contribution in [3.63, 3.8) is 0 Å². The monoisotopic (exact) mass is 307 g/mol. The SMILES string of the molecule is c1cnc(N2CCC[C@@H](c3nccnc3-n3ccnc3)C2)nc1. The van der Waals surface area contributed by atoms with E-state index >= 15 is 0 Å². The van der Waals surface area contributed by atoms with Crippen molar-refractivity contribution in [3.8, 4) is 5.82 Å². The van der Waals surface area contributed by atoms with Crippen molar-refractivity contribution in [1.29, 1.82) is 0 Å². The summed E-state index contributed by atoms with van der Waals surface area (Å²) in [4.78, 5) is 24.2. The average Bonchev–Trinajstić information content (AvgIpc) is 3.17. The maximum absolute atomic E-state index is 4.61. The van der Waals surface area contributed by atoms with E-state index < -0.39 is 0 Å². The zero-order chi connectivity index (χ0) is 15.5. The van der Waals surface area contributed by atoms with Gasteiger partial charge in [0, 0.05) is 56.2 Å². The standard InChI is InChI=1S/C16H17N7/c1-3-13(11-22(9-1)16-20-4-2-5-21-16)14-15(19-7-6-18-14)23-10-8-17-12-23/h2,4-8,10,12-13H,1,3,9,11H2/t13-/m1/s1. The average molecular weight is 307 g/mol. The largest absolute Gasteiger partial charge is 0.340 e. The number of nitrogens with zero attached hydrogens (tertiary/aromatic N) is 7. The van der Waals surface area contributed by atoms with Crippen molar-refractivity contribution in [2.75, 3.05) is 18.0 Å². The lowest BCUT2D eigenvalue weighted by atomic mass is 9.94. The van der Waals surface area contributed by atoms with Crippen LogP contribution in [0.3, 0.4) is 0 Å². The summed E-state index contributed by atoms with van der Waals surface area (Å²) in [6.07, 6.45) is 14.6. The molecule has 1 atom stereocenters. The van der Waals surface area contributed by atoms with Gasteiger partial charge in [0.25, 0.3) is 0 Å². The highest BCUT2D eigenvalue weighted by molar-refractivity contribution is 5.36. The smallest absolute Gasteiger partial charge is 0.225 e. The fourth-order valence-electron chi connectivity index (χ4n) is 3.05. The number of anilines is 1. The Labute approximate surface area is 134 Å². The molecule has 0 unspecified atom stereocenters. The van der Waals surface area contributed by atoms with Crippen LogP contribution in [0.25, 0.3) is 5.82 Å². The summed E-state index contributed by atoms with van der Waals surface area (Å²) >= 11 is 0. The Bertz CT molecular complexity index is 757. The number of piperidine rings is 1. The van der Waals surface area contributed by atoms with Gasteiger partial charge in [0.1, 0.15) is 6.33 Å². The lowest BCUT2D eigenvalue weighted by Crippen LogP contribution is -2.36. The first-order valence-corrected chi connectivity index (χ1v) is 7.73. The highest BCUT2D eigenvalue weighted by Crippen LogP contribution is 2.29. The molecule has 0 spiro atoms. The summed E-state index contributed by atoms with van der Waals surface area (Å²) in [5.41, 5.74) is 1.01. The molecule has 0 radical (unpaired) electrons. The van der Waals surface area contributed by atoms with Crippen LogP contribution in [-0.4, -0.2) is 42.6 Å². The predicted octanol–water partition coefficient (Wildman–Crippen LogP) is 1.84. The summed E-state index contributed by atoms with van der Waals surface area (Å²) < 4.78 is 1.92. The number of rotatable bonds is 3. The van der Waals surface area contributed by atoms with E-state index in [2.05, 4.69) is 29.8 Å². The molecule has 1 aliphatic rings. The molecule has 3 aromatic heterocycles.